The molecular weight excluding hydrogens is 458 g/mol. The molecule has 36 heavy (non-hydrogen) atoms. The second-order valence-corrected chi connectivity index (χ2v) is 9.24. The van der Waals surface area contributed by atoms with Gasteiger partial charge in [0.05, 0.1) is 24.9 Å². The van der Waals surface area contributed by atoms with Crippen LogP contribution in [0.2, 0.25) is 0 Å². The summed E-state index contributed by atoms with van der Waals surface area (Å²) in [5.41, 5.74) is 2.36. The van der Waals surface area contributed by atoms with Gasteiger partial charge in [0.15, 0.2) is 0 Å². The Balaban J connectivity index is 1.34. The Morgan fingerprint density at radius 3 is 2.19 bits per heavy atom. The summed E-state index contributed by atoms with van der Waals surface area (Å²) < 4.78 is 17.6. The topological polar surface area (TPSA) is 85.3 Å². The minimum Gasteiger partial charge on any atom is -0.462 e. The summed E-state index contributed by atoms with van der Waals surface area (Å²) in [4.78, 5) is 27.0. The van der Waals surface area contributed by atoms with E-state index in [0.29, 0.717) is 18.5 Å². The van der Waals surface area contributed by atoms with E-state index in [0.717, 1.165) is 11.1 Å². The lowest BCUT2D eigenvalue weighted by atomic mass is 9.79. The van der Waals surface area contributed by atoms with E-state index in [2.05, 4.69) is 0 Å². The Bertz CT molecular complexity index is 1160. The number of hydrogen-bond acceptors (Lipinski definition) is 6. The summed E-state index contributed by atoms with van der Waals surface area (Å²) in [5.74, 6) is -0.898. The van der Waals surface area contributed by atoms with Crippen LogP contribution in [0.5, 0.6) is 0 Å². The third-order valence-electron chi connectivity index (χ3n) is 6.84. The fourth-order valence-corrected chi connectivity index (χ4v) is 4.99. The van der Waals surface area contributed by atoms with Gasteiger partial charge in [0, 0.05) is 12.5 Å². The fourth-order valence-electron chi connectivity index (χ4n) is 4.99. The van der Waals surface area contributed by atoms with Gasteiger partial charge in [-0.05, 0) is 29.7 Å². The number of esters is 1. The molecule has 1 aliphatic heterocycles. The van der Waals surface area contributed by atoms with E-state index in [1.165, 1.54) is 0 Å². The van der Waals surface area contributed by atoms with Crippen LogP contribution in [0.1, 0.15) is 27.9 Å². The predicted octanol–water partition coefficient (Wildman–Crippen LogP) is 4.20. The zero-order valence-corrected chi connectivity index (χ0v) is 19.8. The molecule has 0 spiro atoms. The number of amides is 1. The fraction of sp³-hybridized carbons (Fsp3) is 0.310. The molecule has 0 unspecified atom stereocenters. The molecule has 1 heterocycles. The van der Waals surface area contributed by atoms with E-state index in [9.17, 15) is 14.7 Å². The lowest BCUT2D eigenvalue weighted by Crippen LogP contribution is -2.58. The molecule has 0 bridgehead atoms. The molecule has 2 fully saturated rings. The summed E-state index contributed by atoms with van der Waals surface area (Å²) in [7, 11) is 0. The van der Waals surface area contributed by atoms with Crippen molar-refractivity contribution >= 4 is 12.1 Å². The number of aliphatic hydroxyl groups excluding tert-OH is 1. The summed E-state index contributed by atoms with van der Waals surface area (Å²) >= 11 is 0. The number of fused-ring (bicyclic) bond motifs is 1. The molecule has 0 radical (unpaired) electrons. The quantitative estimate of drug-likeness (QED) is 0.480. The van der Waals surface area contributed by atoms with Gasteiger partial charge in [-0.3, -0.25) is 4.90 Å². The molecule has 7 heteroatoms. The Morgan fingerprint density at radius 2 is 1.53 bits per heavy atom. The molecule has 1 saturated heterocycles. The van der Waals surface area contributed by atoms with Crippen molar-refractivity contribution in [3.05, 3.63) is 108 Å². The average molecular weight is 488 g/mol. The maximum atomic E-state index is 12.9. The Labute approximate surface area is 210 Å². The molecule has 2 aliphatic rings. The minimum absolute atomic E-state index is 0.000449. The van der Waals surface area contributed by atoms with Gasteiger partial charge < -0.3 is 19.3 Å². The van der Waals surface area contributed by atoms with Crippen molar-refractivity contribution in [2.45, 2.75) is 43.9 Å². The molecule has 5 rings (SSSR count). The van der Waals surface area contributed by atoms with Gasteiger partial charge in [0.2, 0.25) is 0 Å². The van der Waals surface area contributed by atoms with Crippen molar-refractivity contribution in [3.63, 3.8) is 0 Å². The van der Waals surface area contributed by atoms with E-state index in [1.807, 2.05) is 66.7 Å². The highest BCUT2D eigenvalue weighted by Crippen LogP contribution is 2.38. The van der Waals surface area contributed by atoms with Crippen LogP contribution in [0, 0.1) is 5.92 Å². The highest BCUT2D eigenvalue weighted by molar-refractivity contribution is 5.89. The molecule has 186 valence electrons. The Morgan fingerprint density at radius 1 is 0.917 bits per heavy atom. The molecular formula is C29H29NO6. The van der Waals surface area contributed by atoms with Crippen LogP contribution in [0.3, 0.4) is 0 Å². The first-order chi connectivity index (χ1) is 17.6. The van der Waals surface area contributed by atoms with Crippen molar-refractivity contribution in [2.75, 3.05) is 6.61 Å². The van der Waals surface area contributed by atoms with E-state index in [4.69, 9.17) is 14.2 Å². The zero-order chi connectivity index (χ0) is 24.9. The van der Waals surface area contributed by atoms with Crippen LogP contribution >= 0.6 is 0 Å². The predicted molar refractivity (Wildman–Crippen MR) is 132 cm³/mol. The van der Waals surface area contributed by atoms with Gasteiger partial charge in [-0.25, -0.2) is 9.59 Å². The van der Waals surface area contributed by atoms with Crippen molar-refractivity contribution in [1.82, 2.24) is 4.90 Å². The number of aliphatic hydroxyl groups is 1. The van der Waals surface area contributed by atoms with Crippen LogP contribution < -0.4 is 0 Å². The first kappa shape index (κ1) is 24.0. The van der Waals surface area contributed by atoms with E-state index in [1.54, 1.807) is 29.2 Å². The highest BCUT2D eigenvalue weighted by Gasteiger charge is 2.54. The standard InChI is InChI=1S/C29H29NO6/c31-26-23(19-35-28(32)22-14-8-3-9-15-22)16-24-25(27(26)34-18-21-12-6-2-7-13-21)30(29(33)36-24)17-20-10-4-1-5-11-20/h1-15,23-27,31H,16-19H2/t23-,24+,25+,26-,27-/m1/s1. The van der Waals surface area contributed by atoms with Crippen molar-refractivity contribution in [2.24, 2.45) is 5.92 Å². The van der Waals surface area contributed by atoms with Gasteiger partial charge >= 0.3 is 12.1 Å². The molecule has 1 amide bonds. The Hall–Kier alpha value is -3.68. The number of nitrogens with zero attached hydrogens (tertiary/aromatic N) is 1. The summed E-state index contributed by atoms with van der Waals surface area (Å²) in [5, 5.41) is 11.4. The maximum absolute atomic E-state index is 12.9. The lowest BCUT2D eigenvalue weighted by molar-refractivity contribution is -0.142. The van der Waals surface area contributed by atoms with E-state index >= 15 is 0 Å². The smallest absolute Gasteiger partial charge is 0.410 e. The first-order valence-electron chi connectivity index (χ1n) is 12.2. The van der Waals surface area contributed by atoms with Gasteiger partial charge in [-0.2, -0.15) is 0 Å². The second-order valence-electron chi connectivity index (χ2n) is 9.24. The van der Waals surface area contributed by atoms with Crippen LogP contribution in [-0.4, -0.2) is 53.0 Å². The van der Waals surface area contributed by atoms with Crippen LogP contribution in [0.15, 0.2) is 91.0 Å². The van der Waals surface area contributed by atoms with E-state index < -0.39 is 42.3 Å². The van der Waals surface area contributed by atoms with Crippen LogP contribution in [-0.2, 0) is 27.4 Å². The Kier molecular flexibility index (Phi) is 7.30. The summed E-state index contributed by atoms with van der Waals surface area (Å²) in [6.07, 6.45) is -2.20. The van der Waals surface area contributed by atoms with Gasteiger partial charge in [-0.15, -0.1) is 0 Å². The summed E-state index contributed by atoms with van der Waals surface area (Å²) in [6, 6.07) is 27.6. The molecule has 1 saturated carbocycles. The molecule has 7 nitrogen and oxygen atoms in total. The minimum atomic E-state index is -0.952. The third-order valence-corrected chi connectivity index (χ3v) is 6.84. The van der Waals surface area contributed by atoms with Crippen molar-refractivity contribution in [3.8, 4) is 0 Å². The van der Waals surface area contributed by atoms with E-state index in [-0.39, 0.29) is 13.2 Å². The monoisotopic (exact) mass is 487 g/mol. The van der Waals surface area contributed by atoms with Gasteiger partial charge in [0.25, 0.3) is 0 Å². The number of ether oxygens (including phenoxy) is 3. The number of rotatable bonds is 8. The average Bonchev–Trinajstić information content (AvgIpc) is 3.22. The summed E-state index contributed by atoms with van der Waals surface area (Å²) in [6.45, 7) is 0.627. The number of carbonyl (C=O) groups is 2. The van der Waals surface area contributed by atoms with Crippen LogP contribution in [0.25, 0.3) is 0 Å². The van der Waals surface area contributed by atoms with Crippen molar-refractivity contribution in [1.29, 1.82) is 0 Å². The van der Waals surface area contributed by atoms with Gasteiger partial charge in [0.1, 0.15) is 18.2 Å². The molecule has 3 aromatic carbocycles. The first-order valence-corrected chi connectivity index (χ1v) is 12.2. The molecule has 0 aromatic heterocycles. The molecule has 1 N–H and O–H groups in total. The highest BCUT2D eigenvalue weighted by atomic mass is 16.6. The molecule has 1 aliphatic carbocycles. The SMILES string of the molecule is O=C(OC[C@H]1C[C@@H]2OC(=O)N(Cc3ccccc3)[C@@H]2[C@@H](OCc2ccccc2)[C@@H]1O)c1ccccc1. The van der Waals surface area contributed by atoms with Crippen molar-refractivity contribution < 1.29 is 28.9 Å². The molecule has 3 aromatic rings. The van der Waals surface area contributed by atoms with Gasteiger partial charge in [-0.1, -0.05) is 78.9 Å². The lowest BCUT2D eigenvalue weighted by Gasteiger charge is -2.42. The normalized spacial score (nSPS) is 25.2. The number of hydrogen-bond donors (Lipinski definition) is 1. The van der Waals surface area contributed by atoms with Crippen LogP contribution in [0.4, 0.5) is 4.79 Å². The zero-order valence-electron chi connectivity index (χ0n) is 19.8. The molecule has 5 atom stereocenters. The largest absolute Gasteiger partial charge is 0.462 e. The number of benzene rings is 3. The third kappa shape index (κ3) is 5.27. The second kappa shape index (κ2) is 10.9. The maximum Gasteiger partial charge on any atom is 0.410 e. The number of carbonyl (C=O) groups excluding carboxylic acids is 2.